The summed E-state index contributed by atoms with van der Waals surface area (Å²) in [6.07, 6.45) is 46.0. The van der Waals surface area contributed by atoms with Gasteiger partial charge in [-0.2, -0.15) is 0 Å². The molecule has 0 fully saturated rings. The second kappa shape index (κ2) is 37.9. The van der Waals surface area contributed by atoms with E-state index in [-0.39, 0.29) is 0 Å². The minimum atomic E-state index is 0.731. The lowest BCUT2D eigenvalue weighted by Crippen LogP contribution is -2.42. The van der Waals surface area contributed by atoms with E-state index in [1.54, 1.807) is 0 Å². The van der Waals surface area contributed by atoms with Crippen LogP contribution in [0.4, 0.5) is 0 Å². The zero-order chi connectivity index (χ0) is 29.7. The van der Waals surface area contributed by atoms with Crippen molar-refractivity contribution < 1.29 is 0 Å². The molecule has 0 saturated carbocycles. The maximum atomic E-state index is 5.77. The quantitative estimate of drug-likeness (QED) is 0.0568. The van der Waals surface area contributed by atoms with Gasteiger partial charge in [-0.15, -0.1) is 0 Å². The summed E-state index contributed by atoms with van der Waals surface area (Å²) in [5.74, 6) is 0. The number of unbranched alkanes of at least 4 members (excludes halogenated alkanes) is 30. The van der Waals surface area contributed by atoms with Crippen LogP contribution in [0.5, 0.6) is 0 Å². The van der Waals surface area contributed by atoms with Gasteiger partial charge in [-0.3, -0.25) is 5.43 Å². The maximum absolute atomic E-state index is 5.77. The number of nitrogens with one attached hydrogen (secondary N) is 1. The van der Waals surface area contributed by atoms with Gasteiger partial charge in [-0.05, 0) is 12.8 Å². The molecule has 0 radical (unpaired) electrons. The third kappa shape index (κ3) is 36.0. The minimum absolute atomic E-state index is 0.731. The van der Waals surface area contributed by atoms with Gasteiger partial charge in [0.15, 0.2) is 0 Å². The Morgan fingerprint density at radius 2 is 0.561 bits per heavy atom. The highest BCUT2D eigenvalue weighted by atomic mass is 15.5. The van der Waals surface area contributed by atoms with E-state index in [1.807, 2.05) is 0 Å². The normalized spacial score (nSPS) is 11.7. The van der Waals surface area contributed by atoms with Crippen molar-refractivity contribution in [3.63, 3.8) is 0 Å². The average molecular weight is 580 g/mol. The molecule has 0 aliphatic carbocycles. The van der Waals surface area contributed by atoms with Gasteiger partial charge in [0.2, 0.25) is 0 Å². The summed E-state index contributed by atoms with van der Waals surface area (Å²) < 4.78 is 0. The van der Waals surface area contributed by atoms with Crippen LogP contribution in [0.1, 0.15) is 219 Å². The Morgan fingerprint density at radius 1 is 0.341 bits per heavy atom. The second-order valence-electron chi connectivity index (χ2n) is 13.3. The molecular weight excluding hydrogens is 498 g/mol. The van der Waals surface area contributed by atoms with E-state index in [1.165, 1.54) is 219 Å². The van der Waals surface area contributed by atoms with Crippen molar-refractivity contribution in [2.45, 2.75) is 219 Å². The highest BCUT2D eigenvalue weighted by Crippen LogP contribution is 2.15. The van der Waals surface area contributed by atoms with Crippen molar-refractivity contribution in [1.82, 2.24) is 10.4 Å². The Bertz CT molecular complexity index is 405. The van der Waals surface area contributed by atoms with Gasteiger partial charge in [0.25, 0.3) is 0 Å². The van der Waals surface area contributed by atoms with Gasteiger partial charge in [0, 0.05) is 26.2 Å². The van der Waals surface area contributed by atoms with Gasteiger partial charge >= 0.3 is 0 Å². The lowest BCUT2D eigenvalue weighted by molar-refractivity contribution is 0.181. The summed E-state index contributed by atoms with van der Waals surface area (Å²) in [7, 11) is 0. The van der Waals surface area contributed by atoms with Crippen LogP contribution in [0.3, 0.4) is 0 Å². The maximum Gasteiger partial charge on any atom is 0.0225 e. The Labute approximate surface area is 261 Å². The molecule has 0 rings (SSSR count). The molecule has 0 bridgehead atoms. The second-order valence-corrected chi connectivity index (χ2v) is 13.3. The summed E-state index contributed by atoms with van der Waals surface area (Å²) in [6.45, 7) is 8.64. The van der Waals surface area contributed by atoms with Crippen molar-refractivity contribution in [3.05, 3.63) is 0 Å². The van der Waals surface area contributed by atoms with Crippen LogP contribution in [0.15, 0.2) is 0 Å². The molecule has 0 heterocycles. The summed E-state index contributed by atoms with van der Waals surface area (Å²) in [5.41, 5.74) is 9.35. The smallest absolute Gasteiger partial charge is 0.0225 e. The molecule has 41 heavy (non-hydrogen) atoms. The number of rotatable bonds is 37. The molecule has 0 aliphatic rings. The van der Waals surface area contributed by atoms with Crippen molar-refractivity contribution in [2.75, 3.05) is 26.2 Å². The predicted octanol–water partition coefficient (Wildman–Crippen LogP) is 12.3. The van der Waals surface area contributed by atoms with Crippen LogP contribution in [0, 0.1) is 0 Å². The van der Waals surface area contributed by atoms with Gasteiger partial charge in [-0.1, -0.05) is 206 Å². The third-order valence-corrected chi connectivity index (χ3v) is 9.04. The highest BCUT2D eigenvalue weighted by Gasteiger charge is 2.04. The van der Waals surface area contributed by atoms with Crippen LogP contribution in [0.2, 0.25) is 0 Å². The molecule has 0 saturated heterocycles. The number of hydrazine groups is 1. The van der Waals surface area contributed by atoms with E-state index in [0.717, 1.165) is 13.1 Å². The number of hydrogen-bond acceptors (Lipinski definition) is 3. The van der Waals surface area contributed by atoms with E-state index in [2.05, 4.69) is 24.3 Å². The number of hydrogen-bond donors (Lipinski definition) is 2. The number of nitrogens with two attached hydrogens (primary N) is 1. The minimum Gasteiger partial charge on any atom is -0.329 e. The summed E-state index contributed by atoms with van der Waals surface area (Å²) in [6, 6.07) is 0. The first-order valence-corrected chi connectivity index (χ1v) is 19.5. The first kappa shape index (κ1) is 40.9. The molecule has 0 unspecified atom stereocenters. The van der Waals surface area contributed by atoms with Gasteiger partial charge in [0.05, 0.1) is 0 Å². The standard InChI is InChI=1S/C38H81N3/c1-3-5-7-9-11-13-15-17-19-21-23-25-27-29-31-33-37-41(40-36-35-39)38-34-32-30-28-26-24-22-20-18-16-14-12-10-8-6-4-2/h40H,3-39H2,1-2H3. The molecule has 0 spiro atoms. The first-order chi connectivity index (χ1) is 20.3. The number of nitrogens with zero attached hydrogens (tertiary/aromatic N) is 1. The molecular formula is C38H81N3. The SMILES string of the molecule is CCCCCCCCCCCCCCCCCCN(CCCCCCCCCCCCCCCCCC)NCCN. The van der Waals surface area contributed by atoms with Crippen molar-refractivity contribution in [1.29, 1.82) is 0 Å². The lowest BCUT2D eigenvalue weighted by Gasteiger charge is -2.23. The van der Waals surface area contributed by atoms with E-state index < -0.39 is 0 Å². The monoisotopic (exact) mass is 580 g/mol. The molecule has 0 atom stereocenters. The molecule has 3 N–H and O–H groups in total. The molecule has 0 aromatic rings. The Hall–Kier alpha value is -0.120. The van der Waals surface area contributed by atoms with Gasteiger partial charge in [-0.25, -0.2) is 5.01 Å². The van der Waals surface area contributed by atoms with E-state index >= 15 is 0 Å². The molecule has 0 aromatic carbocycles. The predicted molar refractivity (Wildman–Crippen MR) is 188 cm³/mol. The molecule has 0 aromatic heterocycles. The Balaban J connectivity index is 3.44. The molecule has 248 valence electrons. The van der Waals surface area contributed by atoms with Gasteiger partial charge < -0.3 is 5.73 Å². The lowest BCUT2D eigenvalue weighted by atomic mass is 10.0. The fourth-order valence-corrected chi connectivity index (χ4v) is 6.19. The van der Waals surface area contributed by atoms with Crippen LogP contribution in [-0.2, 0) is 0 Å². The molecule has 3 nitrogen and oxygen atoms in total. The highest BCUT2D eigenvalue weighted by molar-refractivity contribution is 4.57. The molecule has 3 heteroatoms. The van der Waals surface area contributed by atoms with Crippen molar-refractivity contribution in [2.24, 2.45) is 5.73 Å². The fourth-order valence-electron chi connectivity index (χ4n) is 6.19. The Kier molecular flexibility index (Phi) is 37.8. The first-order valence-electron chi connectivity index (χ1n) is 19.5. The zero-order valence-electron chi connectivity index (χ0n) is 29.0. The Morgan fingerprint density at radius 3 is 0.780 bits per heavy atom. The van der Waals surface area contributed by atoms with Crippen LogP contribution in [-0.4, -0.2) is 31.2 Å². The summed E-state index contributed by atoms with van der Waals surface area (Å²) in [4.78, 5) is 0. The van der Waals surface area contributed by atoms with E-state index in [0.29, 0.717) is 0 Å². The summed E-state index contributed by atoms with van der Waals surface area (Å²) >= 11 is 0. The topological polar surface area (TPSA) is 41.3 Å². The average Bonchev–Trinajstić information content (AvgIpc) is 2.98. The third-order valence-electron chi connectivity index (χ3n) is 9.04. The van der Waals surface area contributed by atoms with Crippen LogP contribution >= 0.6 is 0 Å². The van der Waals surface area contributed by atoms with E-state index in [9.17, 15) is 0 Å². The largest absolute Gasteiger partial charge is 0.329 e. The van der Waals surface area contributed by atoms with E-state index in [4.69, 9.17) is 5.73 Å². The van der Waals surface area contributed by atoms with Crippen molar-refractivity contribution >= 4 is 0 Å². The fraction of sp³-hybridized carbons (Fsp3) is 1.00. The molecule has 0 amide bonds. The molecule has 0 aliphatic heterocycles. The van der Waals surface area contributed by atoms with Gasteiger partial charge in [0.1, 0.15) is 0 Å². The summed E-state index contributed by atoms with van der Waals surface area (Å²) in [5, 5.41) is 2.47. The zero-order valence-corrected chi connectivity index (χ0v) is 29.0. The van der Waals surface area contributed by atoms with Crippen LogP contribution in [0.25, 0.3) is 0 Å². The van der Waals surface area contributed by atoms with Crippen molar-refractivity contribution in [3.8, 4) is 0 Å². The van der Waals surface area contributed by atoms with Crippen LogP contribution < -0.4 is 11.2 Å².